The third kappa shape index (κ3) is 5.66. The number of furan rings is 1. The fourth-order valence-electron chi connectivity index (χ4n) is 8.41. The first kappa shape index (κ1) is 36.9. The predicted molar refractivity (Wildman–Crippen MR) is 224 cm³/mol. The summed E-state index contributed by atoms with van der Waals surface area (Å²) in [5.41, 5.74) is 10.7. The summed E-state index contributed by atoms with van der Waals surface area (Å²) in [4.78, 5) is 4.81. The Labute approximate surface area is 323 Å². The highest BCUT2D eigenvalue weighted by Crippen LogP contribution is 2.51. The number of aryl methyl sites for hydroxylation is 2. The molecule has 0 saturated carbocycles. The molecule has 1 aliphatic rings. The number of alkyl halides is 2. The van der Waals surface area contributed by atoms with Gasteiger partial charge in [-0.1, -0.05) is 118 Å². The minimum absolute atomic E-state index is 0.127. The van der Waals surface area contributed by atoms with Crippen LogP contribution in [0.3, 0.4) is 0 Å². The van der Waals surface area contributed by atoms with Crippen LogP contribution in [0.2, 0.25) is 0 Å². The van der Waals surface area contributed by atoms with E-state index in [4.69, 9.17) is 9.41 Å². The number of benzene rings is 5. The van der Waals surface area contributed by atoms with Crippen LogP contribution in [-0.4, -0.2) is 10.3 Å². The lowest BCUT2D eigenvalue weighted by Crippen LogP contribution is -2.30. The summed E-state index contributed by atoms with van der Waals surface area (Å²) in [5, 5.41) is 1.64. The highest BCUT2D eigenvalue weighted by atomic mass is 19.3. The largest absolute Gasteiger partial charge is 0.453 e. The van der Waals surface area contributed by atoms with Gasteiger partial charge in [-0.05, 0) is 82.7 Å². The Kier molecular flexibility index (Phi) is 8.35. The SMILES string of the molecule is Cc1ccc2c(oc3c4c(ccc32)C(F)(F)C(c2cc(C(C)(C)C)cc(C(C)(C)C)c2)=N4)c1-c1n(-c2c(C(C)C)cccc2C(C)C)c2ccccc2[n+]1C. The second-order valence-electron chi connectivity index (χ2n) is 18.2. The molecule has 4 nitrogen and oxygen atoms in total. The quantitative estimate of drug-likeness (QED) is 0.162. The Hall–Kier alpha value is -5.10. The van der Waals surface area contributed by atoms with Crippen LogP contribution < -0.4 is 4.57 Å². The van der Waals surface area contributed by atoms with Crippen LogP contribution in [0.1, 0.15) is 120 Å². The normalized spacial score (nSPS) is 14.6. The number of fused-ring (bicyclic) bond motifs is 6. The summed E-state index contributed by atoms with van der Waals surface area (Å²) in [6.45, 7) is 23.8. The third-order valence-electron chi connectivity index (χ3n) is 11.6. The molecule has 2 aromatic heterocycles. The van der Waals surface area contributed by atoms with E-state index in [1.54, 1.807) is 12.1 Å². The van der Waals surface area contributed by atoms with Crippen LogP contribution in [0, 0.1) is 6.92 Å². The van der Waals surface area contributed by atoms with Gasteiger partial charge in [-0.15, -0.1) is 0 Å². The molecule has 55 heavy (non-hydrogen) atoms. The lowest BCUT2D eigenvalue weighted by molar-refractivity contribution is -0.633. The van der Waals surface area contributed by atoms with Gasteiger partial charge in [0.15, 0.2) is 22.2 Å². The molecule has 0 aliphatic carbocycles. The lowest BCUT2D eigenvalue weighted by atomic mass is 9.78. The van der Waals surface area contributed by atoms with Crippen LogP contribution in [0.25, 0.3) is 50.0 Å². The average Bonchev–Trinajstić information content (AvgIpc) is 3.73. The topological polar surface area (TPSA) is 34.3 Å². The van der Waals surface area contributed by atoms with Crippen molar-refractivity contribution in [2.24, 2.45) is 12.0 Å². The van der Waals surface area contributed by atoms with Crippen LogP contribution in [-0.2, 0) is 23.8 Å². The number of nitrogens with zero attached hydrogens (tertiary/aromatic N) is 3. The van der Waals surface area contributed by atoms with Crippen LogP contribution in [0.15, 0.2) is 94.3 Å². The fourth-order valence-corrected chi connectivity index (χ4v) is 8.41. The summed E-state index contributed by atoms with van der Waals surface area (Å²) in [7, 11) is 2.11. The maximum atomic E-state index is 16.8. The van der Waals surface area contributed by atoms with Gasteiger partial charge in [0.05, 0.1) is 12.6 Å². The van der Waals surface area contributed by atoms with Gasteiger partial charge in [0.2, 0.25) is 0 Å². The molecular weight excluding hydrogens is 685 g/mol. The minimum Gasteiger partial charge on any atom is -0.453 e. The van der Waals surface area contributed by atoms with Gasteiger partial charge >= 0.3 is 5.92 Å². The Balaban J connectivity index is 1.43. The van der Waals surface area contributed by atoms with Crippen LogP contribution in [0.5, 0.6) is 0 Å². The van der Waals surface area contributed by atoms with E-state index in [1.165, 1.54) is 16.8 Å². The van der Waals surface area contributed by atoms with Gasteiger partial charge in [-0.25, -0.2) is 9.56 Å². The van der Waals surface area contributed by atoms with E-state index < -0.39 is 5.92 Å². The molecule has 1 aliphatic heterocycles. The first-order valence-corrected chi connectivity index (χ1v) is 19.6. The van der Waals surface area contributed by atoms with Crippen molar-refractivity contribution in [2.45, 2.75) is 105 Å². The summed E-state index contributed by atoms with van der Waals surface area (Å²) in [6, 6.07) is 28.6. The number of rotatable bonds is 5. The summed E-state index contributed by atoms with van der Waals surface area (Å²) in [6.07, 6.45) is 0. The van der Waals surface area contributed by atoms with Gasteiger partial charge in [0.1, 0.15) is 22.6 Å². The number of aromatic nitrogens is 2. The molecule has 0 spiro atoms. The highest BCUT2D eigenvalue weighted by Gasteiger charge is 2.47. The van der Waals surface area contributed by atoms with E-state index in [2.05, 4.69) is 153 Å². The molecule has 7 aromatic rings. The second kappa shape index (κ2) is 12.5. The van der Waals surface area contributed by atoms with Crippen molar-refractivity contribution >= 4 is 44.4 Å². The van der Waals surface area contributed by atoms with Crippen molar-refractivity contribution in [1.29, 1.82) is 0 Å². The molecule has 0 atom stereocenters. The third-order valence-corrected chi connectivity index (χ3v) is 11.6. The number of aliphatic imine (C=N–C) groups is 1. The molecule has 6 heteroatoms. The summed E-state index contributed by atoms with van der Waals surface area (Å²) < 4.78 is 45.1. The number of hydrogen-bond acceptors (Lipinski definition) is 2. The van der Waals surface area contributed by atoms with Gasteiger partial charge in [0.25, 0.3) is 5.82 Å². The van der Waals surface area contributed by atoms with Gasteiger partial charge in [-0.2, -0.15) is 13.3 Å². The minimum atomic E-state index is -3.31. The van der Waals surface area contributed by atoms with Crippen LogP contribution in [0.4, 0.5) is 14.5 Å². The maximum absolute atomic E-state index is 16.8. The number of halogens is 2. The Morgan fingerprint density at radius 1 is 0.727 bits per heavy atom. The first-order chi connectivity index (χ1) is 25.8. The molecule has 5 aromatic carbocycles. The second-order valence-corrected chi connectivity index (χ2v) is 18.2. The lowest BCUT2D eigenvalue weighted by Gasteiger charge is -2.27. The van der Waals surface area contributed by atoms with E-state index in [-0.39, 0.29) is 39.6 Å². The molecule has 0 N–H and O–H groups in total. The molecule has 0 fully saturated rings. The highest BCUT2D eigenvalue weighted by molar-refractivity contribution is 6.18. The van der Waals surface area contributed by atoms with E-state index >= 15 is 8.78 Å². The summed E-state index contributed by atoms with van der Waals surface area (Å²) >= 11 is 0. The van der Waals surface area contributed by atoms with Crippen molar-refractivity contribution in [2.75, 3.05) is 0 Å². The Morgan fingerprint density at radius 2 is 1.31 bits per heavy atom. The van der Waals surface area contributed by atoms with Crippen LogP contribution >= 0.6 is 0 Å². The zero-order valence-corrected chi connectivity index (χ0v) is 34.2. The molecule has 3 heterocycles. The monoisotopic (exact) mass is 736 g/mol. The molecule has 0 unspecified atom stereocenters. The molecule has 0 saturated heterocycles. The Bertz CT molecular complexity index is 2670. The molecule has 8 rings (SSSR count). The van der Waals surface area contributed by atoms with Crippen molar-refractivity contribution in [3.05, 3.63) is 124 Å². The van der Waals surface area contributed by atoms with Crippen molar-refractivity contribution < 1.29 is 17.8 Å². The average molecular weight is 737 g/mol. The molecular formula is C49H52F2N3O+. The number of imidazole rings is 1. The zero-order valence-electron chi connectivity index (χ0n) is 34.2. The smallest absolute Gasteiger partial charge is 0.317 e. The Morgan fingerprint density at radius 3 is 1.91 bits per heavy atom. The molecule has 0 radical (unpaired) electrons. The van der Waals surface area contributed by atoms with E-state index in [0.29, 0.717) is 16.7 Å². The fraction of sp³-hybridized carbons (Fsp3) is 0.347. The maximum Gasteiger partial charge on any atom is 0.317 e. The van der Waals surface area contributed by atoms with E-state index in [0.717, 1.165) is 49.9 Å². The number of para-hydroxylation sites is 3. The summed E-state index contributed by atoms with van der Waals surface area (Å²) in [5.74, 6) is -1.79. The zero-order chi connectivity index (χ0) is 39.5. The molecule has 0 bridgehead atoms. The standard InChI is InChI=1S/C49H52F2N3O/c1-27(2)33-16-15-17-34(28(3)4)42(33)54-39-19-14-13-18-38(39)53(12)46(54)40-29(5)20-21-35-36-22-23-37-41(44(36)55-43(35)40)52-45(49(37,50)51)30-24-31(47(6,7)8)26-32(25-30)48(9,10)11/h13-28H,1-12H3/q+1. The van der Waals surface area contributed by atoms with Gasteiger partial charge < -0.3 is 4.42 Å². The van der Waals surface area contributed by atoms with Crippen molar-refractivity contribution in [3.8, 4) is 17.1 Å². The van der Waals surface area contributed by atoms with Gasteiger partial charge in [-0.3, -0.25) is 0 Å². The van der Waals surface area contributed by atoms with Crippen molar-refractivity contribution in [3.63, 3.8) is 0 Å². The molecule has 0 amide bonds. The van der Waals surface area contributed by atoms with E-state index in [9.17, 15) is 0 Å². The van der Waals surface area contributed by atoms with Gasteiger partial charge in [0, 0.05) is 27.5 Å². The molecule has 282 valence electrons. The number of hydrogen-bond donors (Lipinski definition) is 0. The van der Waals surface area contributed by atoms with Crippen molar-refractivity contribution in [1.82, 2.24) is 4.57 Å². The predicted octanol–water partition coefficient (Wildman–Crippen LogP) is 13.4. The van der Waals surface area contributed by atoms with E-state index in [1.807, 2.05) is 12.1 Å². The first-order valence-electron chi connectivity index (χ1n) is 19.6.